The molecule has 118 valence electrons. The minimum Gasteiger partial charge on any atom is -0.398 e. The Morgan fingerprint density at radius 2 is 2.19 bits per heavy atom. The van der Waals surface area contributed by atoms with Crippen LogP contribution in [-0.4, -0.2) is 39.2 Å². The number of rotatable bonds is 7. The number of nitrogens with two attached hydrogens (primary N) is 1. The van der Waals surface area contributed by atoms with Crippen LogP contribution >= 0.6 is 11.8 Å². The van der Waals surface area contributed by atoms with Crippen molar-refractivity contribution in [2.45, 2.75) is 24.3 Å². The fourth-order valence-electron chi connectivity index (χ4n) is 2.22. The monoisotopic (exact) mass is 330 g/mol. The van der Waals surface area contributed by atoms with E-state index in [-0.39, 0.29) is 17.8 Å². The summed E-state index contributed by atoms with van der Waals surface area (Å²) in [4.78, 5) is 0.922. The van der Waals surface area contributed by atoms with E-state index in [1.165, 1.54) is 11.8 Å². The number of benzene rings is 1. The third-order valence-electron chi connectivity index (χ3n) is 3.63. The molecule has 1 aromatic rings. The van der Waals surface area contributed by atoms with Crippen LogP contribution in [-0.2, 0) is 14.8 Å². The predicted octanol–water partition coefficient (Wildman–Crippen LogP) is 1.71. The van der Waals surface area contributed by atoms with Gasteiger partial charge in [0, 0.05) is 35.4 Å². The average Bonchev–Trinajstić information content (AvgIpc) is 2.84. The second-order valence-electron chi connectivity index (χ2n) is 5.18. The molecule has 7 heteroatoms. The third kappa shape index (κ3) is 5.18. The smallest absolute Gasteiger partial charge is 0.212 e. The maximum Gasteiger partial charge on any atom is 0.212 e. The van der Waals surface area contributed by atoms with Gasteiger partial charge in [-0.25, -0.2) is 13.1 Å². The van der Waals surface area contributed by atoms with E-state index in [1.54, 1.807) is 0 Å². The first-order chi connectivity index (χ1) is 9.98. The largest absolute Gasteiger partial charge is 0.398 e. The molecule has 1 saturated heterocycles. The van der Waals surface area contributed by atoms with Crippen LogP contribution in [0.1, 0.15) is 13.3 Å². The lowest BCUT2D eigenvalue weighted by atomic mass is 10.0. The zero-order valence-corrected chi connectivity index (χ0v) is 13.8. The number of hydrogen-bond acceptors (Lipinski definition) is 5. The van der Waals surface area contributed by atoms with E-state index in [4.69, 9.17) is 10.5 Å². The topological polar surface area (TPSA) is 81.4 Å². The van der Waals surface area contributed by atoms with Crippen LogP contribution in [0.25, 0.3) is 0 Å². The van der Waals surface area contributed by atoms with Gasteiger partial charge < -0.3 is 10.5 Å². The highest BCUT2D eigenvalue weighted by molar-refractivity contribution is 8.00. The number of anilines is 1. The van der Waals surface area contributed by atoms with Gasteiger partial charge in [0.1, 0.15) is 0 Å². The van der Waals surface area contributed by atoms with Crippen LogP contribution in [0.4, 0.5) is 5.69 Å². The van der Waals surface area contributed by atoms with Crippen molar-refractivity contribution < 1.29 is 13.2 Å². The molecule has 0 radical (unpaired) electrons. The van der Waals surface area contributed by atoms with E-state index in [2.05, 4.69) is 4.72 Å². The molecule has 2 atom stereocenters. The van der Waals surface area contributed by atoms with Gasteiger partial charge >= 0.3 is 0 Å². The van der Waals surface area contributed by atoms with Crippen LogP contribution < -0.4 is 10.5 Å². The number of ether oxygens (including phenoxy) is 1. The lowest BCUT2D eigenvalue weighted by Gasteiger charge is -2.14. The quantitative estimate of drug-likeness (QED) is 0.587. The first-order valence-corrected chi connectivity index (χ1v) is 9.68. The predicted molar refractivity (Wildman–Crippen MR) is 86.9 cm³/mol. The van der Waals surface area contributed by atoms with Crippen LogP contribution in [0, 0.1) is 5.92 Å². The zero-order chi connectivity index (χ0) is 15.3. The van der Waals surface area contributed by atoms with Crippen LogP contribution in [0.3, 0.4) is 0 Å². The molecule has 3 N–H and O–H groups in total. The number of nitrogen functional groups attached to an aromatic ring is 1. The van der Waals surface area contributed by atoms with Crippen molar-refractivity contribution >= 4 is 27.5 Å². The maximum atomic E-state index is 12.0. The normalized spacial score (nSPS) is 22.5. The molecule has 0 aliphatic carbocycles. The molecular formula is C14H22N2O3S2. The fraction of sp³-hybridized carbons (Fsp3) is 0.571. The van der Waals surface area contributed by atoms with Gasteiger partial charge in [0.05, 0.1) is 11.9 Å². The molecule has 2 unspecified atom stereocenters. The van der Waals surface area contributed by atoms with Crippen LogP contribution in [0.15, 0.2) is 29.2 Å². The van der Waals surface area contributed by atoms with Crippen molar-refractivity contribution in [1.82, 2.24) is 4.72 Å². The summed E-state index contributed by atoms with van der Waals surface area (Å²) >= 11 is 1.46. The van der Waals surface area contributed by atoms with Crippen LogP contribution in [0.5, 0.6) is 0 Å². The number of nitrogens with one attached hydrogen (secondary N) is 1. The molecule has 21 heavy (non-hydrogen) atoms. The zero-order valence-electron chi connectivity index (χ0n) is 12.1. The number of hydrogen-bond donors (Lipinski definition) is 2. The highest BCUT2D eigenvalue weighted by atomic mass is 32.2. The maximum absolute atomic E-state index is 12.0. The summed E-state index contributed by atoms with van der Waals surface area (Å²) in [6.07, 6.45) is 1.05. The second kappa shape index (κ2) is 7.49. The molecule has 0 saturated carbocycles. The Kier molecular flexibility index (Phi) is 5.92. The highest BCUT2D eigenvalue weighted by Gasteiger charge is 2.25. The molecule has 0 aromatic heterocycles. The van der Waals surface area contributed by atoms with Crippen molar-refractivity contribution in [3.05, 3.63) is 24.3 Å². The summed E-state index contributed by atoms with van der Waals surface area (Å²) in [5.74, 6) is 0.853. The Morgan fingerprint density at radius 3 is 2.86 bits per heavy atom. The molecule has 0 spiro atoms. The summed E-state index contributed by atoms with van der Waals surface area (Å²) in [5, 5.41) is 0. The van der Waals surface area contributed by atoms with Crippen molar-refractivity contribution in [2.24, 2.45) is 5.92 Å². The SMILES string of the molecule is CC1OCCC1CNS(=O)(=O)CCSc1ccccc1N. The standard InChI is InChI=1S/C14H22N2O3S2/c1-11-12(6-7-19-11)10-16-21(17,18)9-8-20-14-5-3-2-4-13(14)15/h2-5,11-12,16H,6-10,15H2,1H3. The Morgan fingerprint density at radius 1 is 1.43 bits per heavy atom. The van der Waals surface area contributed by atoms with Crippen molar-refractivity contribution in [2.75, 3.05) is 30.4 Å². The summed E-state index contributed by atoms with van der Waals surface area (Å²) < 4.78 is 32.1. The molecule has 2 rings (SSSR count). The number of para-hydroxylation sites is 1. The van der Waals surface area contributed by atoms with Gasteiger partial charge in [0.15, 0.2) is 0 Å². The molecular weight excluding hydrogens is 308 g/mol. The van der Waals surface area contributed by atoms with Crippen LogP contribution in [0.2, 0.25) is 0 Å². The van der Waals surface area contributed by atoms with Gasteiger partial charge in [-0.3, -0.25) is 0 Å². The number of thioether (sulfide) groups is 1. The second-order valence-corrected chi connectivity index (χ2v) is 8.24. The summed E-state index contributed by atoms with van der Waals surface area (Å²) in [7, 11) is -3.24. The molecule has 0 amide bonds. The lowest BCUT2D eigenvalue weighted by Crippen LogP contribution is -2.34. The van der Waals surface area contributed by atoms with E-state index in [1.807, 2.05) is 31.2 Å². The van der Waals surface area contributed by atoms with Gasteiger partial charge in [-0.05, 0) is 25.5 Å². The fourth-order valence-corrected chi connectivity index (χ4v) is 4.68. The van der Waals surface area contributed by atoms with Gasteiger partial charge in [0.2, 0.25) is 10.0 Å². The van der Waals surface area contributed by atoms with E-state index < -0.39 is 10.0 Å². The molecule has 5 nitrogen and oxygen atoms in total. The highest BCUT2D eigenvalue weighted by Crippen LogP contribution is 2.24. The van der Waals surface area contributed by atoms with Crippen molar-refractivity contribution in [1.29, 1.82) is 0 Å². The van der Waals surface area contributed by atoms with E-state index >= 15 is 0 Å². The van der Waals surface area contributed by atoms with E-state index in [0.29, 0.717) is 18.0 Å². The summed E-state index contributed by atoms with van der Waals surface area (Å²) in [6.45, 7) is 3.17. The number of sulfonamides is 1. The molecule has 0 bridgehead atoms. The molecule has 1 aliphatic heterocycles. The minimum absolute atomic E-state index is 0.0912. The first-order valence-electron chi connectivity index (χ1n) is 7.04. The molecule has 1 heterocycles. The lowest BCUT2D eigenvalue weighted by molar-refractivity contribution is 0.107. The summed E-state index contributed by atoms with van der Waals surface area (Å²) in [6, 6.07) is 7.48. The average molecular weight is 330 g/mol. The van der Waals surface area contributed by atoms with Gasteiger partial charge in [-0.15, -0.1) is 11.8 Å². The van der Waals surface area contributed by atoms with E-state index in [9.17, 15) is 8.42 Å². The first kappa shape index (κ1) is 16.6. The van der Waals surface area contributed by atoms with E-state index in [0.717, 1.165) is 17.9 Å². The molecule has 1 fully saturated rings. The van der Waals surface area contributed by atoms with Crippen molar-refractivity contribution in [3.8, 4) is 0 Å². The molecule has 1 aliphatic rings. The Hall–Kier alpha value is -0.760. The van der Waals surface area contributed by atoms with Gasteiger partial charge in [-0.2, -0.15) is 0 Å². The minimum atomic E-state index is -3.24. The van der Waals surface area contributed by atoms with Crippen molar-refractivity contribution in [3.63, 3.8) is 0 Å². The van der Waals surface area contributed by atoms with Gasteiger partial charge in [-0.1, -0.05) is 12.1 Å². The third-order valence-corrected chi connectivity index (χ3v) is 6.32. The summed E-state index contributed by atoms with van der Waals surface area (Å²) in [5.41, 5.74) is 6.51. The van der Waals surface area contributed by atoms with Gasteiger partial charge in [0.25, 0.3) is 0 Å². The Bertz CT molecular complexity index is 563. The Labute approximate surface area is 130 Å². The molecule has 1 aromatic carbocycles. The Balaban J connectivity index is 1.75.